The third-order valence-corrected chi connectivity index (χ3v) is 7.00. The van der Waals surface area contributed by atoms with Crippen molar-refractivity contribution in [2.24, 2.45) is 0 Å². The number of carbonyl (C=O) groups is 1. The molecule has 0 aliphatic rings. The zero-order valence-corrected chi connectivity index (χ0v) is 21.0. The maximum atomic E-state index is 12.3. The van der Waals surface area contributed by atoms with E-state index in [0.717, 1.165) is 61.1 Å². The molecule has 0 spiro atoms. The maximum Gasteiger partial charge on any atom is 0.352 e. The Morgan fingerprint density at radius 3 is 2.47 bits per heavy atom. The molecule has 188 valence electrons. The Labute approximate surface area is 219 Å². The lowest BCUT2D eigenvalue weighted by Crippen LogP contribution is -2.04. The lowest BCUT2D eigenvalue weighted by Gasteiger charge is -2.10. The molecule has 0 radical (unpaired) electrons. The highest BCUT2D eigenvalue weighted by Crippen LogP contribution is 2.38. The van der Waals surface area contributed by atoms with Gasteiger partial charge in [-0.1, -0.05) is 84.9 Å². The van der Waals surface area contributed by atoms with Crippen LogP contribution in [0.1, 0.15) is 28.2 Å². The van der Waals surface area contributed by atoms with E-state index < -0.39 is 5.97 Å². The third kappa shape index (κ3) is 4.20. The van der Waals surface area contributed by atoms with E-state index in [1.807, 2.05) is 79.7 Å². The summed E-state index contributed by atoms with van der Waals surface area (Å²) in [5.41, 5.74) is 6.47. The van der Waals surface area contributed by atoms with Crippen LogP contribution in [0.2, 0.25) is 0 Å². The van der Waals surface area contributed by atoms with Crippen molar-refractivity contribution in [3.8, 4) is 28.1 Å². The summed E-state index contributed by atoms with van der Waals surface area (Å²) in [4.78, 5) is 15.5. The molecule has 0 fully saturated rings. The molecule has 0 saturated carbocycles. The Morgan fingerprint density at radius 1 is 0.895 bits per heavy atom. The number of aromatic amines is 2. The van der Waals surface area contributed by atoms with Gasteiger partial charge < -0.3 is 14.8 Å². The Bertz CT molecular complexity index is 1760. The number of para-hydroxylation sites is 1. The summed E-state index contributed by atoms with van der Waals surface area (Å²) < 4.78 is 6.12. The lowest BCUT2D eigenvalue weighted by molar-refractivity contribution is 0.0690. The average molecular weight is 502 g/mol. The van der Waals surface area contributed by atoms with Crippen LogP contribution in [0.3, 0.4) is 0 Å². The summed E-state index contributed by atoms with van der Waals surface area (Å²) >= 11 is 0. The van der Waals surface area contributed by atoms with Crippen molar-refractivity contribution >= 4 is 27.6 Å². The molecule has 6 nitrogen and oxygen atoms in total. The first-order valence-corrected chi connectivity index (χ1v) is 12.7. The van der Waals surface area contributed by atoms with E-state index in [-0.39, 0.29) is 5.69 Å². The van der Waals surface area contributed by atoms with Gasteiger partial charge in [0.1, 0.15) is 17.1 Å². The second-order valence-corrected chi connectivity index (χ2v) is 9.38. The highest BCUT2D eigenvalue weighted by Gasteiger charge is 2.22. The number of carboxylic acids is 1. The number of benzene rings is 4. The molecule has 2 aromatic heterocycles. The van der Waals surface area contributed by atoms with Gasteiger partial charge in [0.25, 0.3) is 0 Å². The number of carboxylic acid groups (broad SMARTS) is 1. The smallest absolute Gasteiger partial charge is 0.352 e. The second-order valence-electron chi connectivity index (χ2n) is 9.38. The molecular formula is C32H27N3O3. The normalized spacial score (nSPS) is 11.3. The molecule has 0 saturated heterocycles. The van der Waals surface area contributed by atoms with Gasteiger partial charge in [-0.25, -0.2) is 4.79 Å². The monoisotopic (exact) mass is 501 g/mol. The number of ether oxygens (including phenoxy) is 1. The number of nitrogens with zero attached hydrogens (tertiary/aromatic N) is 1. The van der Waals surface area contributed by atoms with Crippen LogP contribution in [0.25, 0.3) is 44.1 Å². The van der Waals surface area contributed by atoms with Crippen LogP contribution in [0.5, 0.6) is 5.75 Å². The van der Waals surface area contributed by atoms with E-state index in [9.17, 15) is 9.90 Å². The molecule has 2 heterocycles. The molecule has 6 aromatic rings. The Hall–Kier alpha value is -4.84. The molecule has 3 N–H and O–H groups in total. The van der Waals surface area contributed by atoms with Gasteiger partial charge in [0, 0.05) is 33.2 Å². The predicted molar refractivity (Wildman–Crippen MR) is 151 cm³/mol. The fourth-order valence-electron chi connectivity index (χ4n) is 5.24. The van der Waals surface area contributed by atoms with Gasteiger partial charge in [-0.05, 0) is 36.8 Å². The number of aromatic carboxylic acids is 1. The Kier molecular flexibility index (Phi) is 6.14. The van der Waals surface area contributed by atoms with Crippen molar-refractivity contribution < 1.29 is 14.6 Å². The van der Waals surface area contributed by atoms with Crippen molar-refractivity contribution in [1.82, 2.24) is 15.2 Å². The summed E-state index contributed by atoms with van der Waals surface area (Å²) in [5.74, 6) is -0.129. The lowest BCUT2D eigenvalue weighted by atomic mass is 9.96. The Morgan fingerprint density at radius 2 is 1.63 bits per heavy atom. The first-order valence-electron chi connectivity index (χ1n) is 12.7. The van der Waals surface area contributed by atoms with Gasteiger partial charge in [0.2, 0.25) is 0 Å². The molecule has 0 amide bonds. The summed E-state index contributed by atoms with van der Waals surface area (Å²) in [6.07, 6.45) is 1.26. The number of nitrogens with one attached hydrogen (secondary N) is 2. The van der Waals surface area contributed by atoms with E-state index in [0.29, 0.717) is 19.4 Å². The number of hydrogen-bond acceptors (Lipinski definition) is 3. The molecule has 0 unspecified atom stereocenters. The molecule has 6 heteroatoms. The molecule has 0 bridgehead atoms. The van der Waals surface area contributed by atoms with Crippen LogP contribution in [0.15, 0.2) is 91.0 Å². The minimum absolute atomic E-state index is 0.222. The van der Waals surface area contributed by atoms with Crippen LogP contribution >= 0.6 is 0 Å². The first-order chi connectivity index (χ1) is 18.6. The zero-order chi connectivity index (χ0) is 26.1. The van der Waals surface area contributed by atoms with Crippen molar-refractivity contribution in [1.29, 1.82) is 0 Å². The molecule has 0 atom stereocenters. The van der Waals surface area contributed by atoms with Gasteiger partial charge in [-0.15, -0.1) is 0 Å². The molecule has 0 aliphatic heterocycles. The van der Waals surface area contributed by atoms with Gasteiger partial charge in [-0.2, -0.15) is 5.10 Å². The molecule has 6 rings (SSSR count). The van der Waals surface area contributed by atoms with E-state index in [4.69, 9.17) is 4.74 Å². The Balaban J connectivity index is 1.32. The predicted octanol–water partition coefficient (Wildman–Crippen LogP) is 7.40. The van der Waals surface area contributed by atoms with E-state index in [1.54, 1.807) is 0 Å². The summed E-state index contributed by atoms with van der Waals surface area (Å²) in [5, 5.41) is 20.8. The largest absolute Gasteiger partial charge is 0.493 e. The van der Waals surface area contributed by atoms with Crippen LogP contribution in [0, 0.1) is 6.92 Å². The zero-order valence-electron chi connectivity index (χ0n) is 21.0. The molecule has 38 heavy (non-hydrogen) atoms. The molecule has 0 aliphatic carbocycles. The number of H-pyrrole nitrogens is 2. The van der Waals surface area contributed by atoms with E-state index in [1.165, 1.54) is 0 Å². The number of fused-ring (bicyclic) bond motifs is 2. The van der Waals surface area contributed by atoms with E-state index >= 15 is 0 Å². The number of hydrogen-bond donors (Lipinski definition) is 3. The topological polar surface area (TPSA) is 91.0 Å². The van der Waals surface area contributed by atoms with Crippen LogP contribution in [-0.4, -0.2) is 32.9 Å². The summed E-state index contributed by atoms with van der Waals surface area (Å²) in [7, 11) is 0. The standard InChI is InChI=1S/C32H27N3O3/c1-20-28(29(35-34-20)22-11-3-2-4-12-22)26-16-8-15-24-25(31(32(36)37)33-30(24)26)17-9-19-38-27-18-7-13-21-10-5-6-14-23(21)27/h2-8,10-16,18,33H,9,17,19H2,1H3,(H,34,35)(H,36,37). The minimum Gasteiger partial charge on any atom is -0.493 e. The molecule has 4 aromatic carbocycles. The number of aryl methyl sites for hydroxylation is 2. The van der Waals surface area contributed by atoms with Gasteiger partial charge >= 0.3 is 5.97 Å². The van der Waals surface area contributed by atoms with Crippen molar-refractivity contribution in [2.45, 2.75) is 19.8 Å². The van der Waals surface area contributed by atoms with Crippen LogP contribution in [0.4, 0.5) is 0 Å². The average Bonchev–Trinajstić information content (AvgIpc) is 3.52. The number of aromatic nitrogens is 3. The minimum atomic E-state index is -0.968. The first kappa shape index (κ1) is 23.6. The van der Waals surface area contributed by atoms with Crippen LogP contribution in [-0.2, 0) is 6.42 Å². The van der Waals surface area contributed by atoms with Crippen molar-refractivity contribution in [3.05, 3.63) is 108 Å². The fourth-order valence-corrected chi connectivity index (χ4v) is 5.24. The van der Waals surface area contributed by atoms with Gasteiger partial charge in [0.05, 0.1) is 12.1 Å². The summed E-state index contributed by atoms with van der Waals surface area (Å²) in [6, 6.07) is 30.1. The van der Waals surface area contributed by atoms with Crippen molar-refractivity contribution in [2.75, 3.05) is 6.61 Å². The van der Waals surface area contributed by atoms with Gasteiger partial charge in [-0.3, -0.25) is 5.10 Å². The van der Waals surface area contributed by atoms with E-state index in [2.05, 4.69) is 33.4 Å². The highest BCUT2D eigenvalue weighted by molar-refractivity contribution is 6.04. The quantitative estimate of drug-likeness (QED) is 0.190. The second kappa shape index (κ2) is 9.90. The highest BCUT2D eigenvalue weighted by atomic mass is 16.5. The SMILES string of the molecule is Cc1[nH]nc(-c2ccccc2)c1-c1cccc2c(CCCOc3cccc4ccccc34)c(C(=O)O)[nH]c12. The van der Waals surface area contributed by atoms with Crippen molar-refractivity contribution in [3.63, 3.8) is 0 Å². The molecular weight excluding hydrogens is 474 g/mol. The third-order valence-electron chi connectivity index (χ3n) is 7.00. The fraction of sp³-hybridized carbons (Fsp3) is 0.125. The van der Waals surface area contributed by atoms with Crippen LogP contribution < -0.4 is 4.74 Å². The van der Waals surface area contributed by atoms with Gasteiger partial charge in [0.15, 0.2) is 0 Å². The summed E-state index contributed by atoms with van der Waals surface area (Å²) in [6.45, 7) is 2.47. The maximum absolute atomic E-state index is 12.3. The number of rotatable bonds is 8.